The fourth-order valence-electron chi connectivity index (χ4n) is 1.78. The second-order valence-corrected chi connectivity index (χ2v) is 5.41. The van der Waals surface area contributed by atoms with Crippen molar-refractivity contribution in [2.24, 2.45) is 0 Å². The fraction of sp³-hybridized carbons (Fsp3) is 0.308. The first-order valence-corrected chi connectivity index (χ1v) is 6.57. The molecule has 2 rings (SSSR count). The minimum atomic E-state index is -0.293. The van der Waals surface area contributed by atoms with Gasteiger partial charge in [-0.2, -0.15) is 0 Å². The Hall–Kier alpha value is -0.800. The van der Waals surface area contributed by atoms with Crippen LogP contribution in [0.15, 0.2) is 34.3 Å². The third-order valence-electron chi connectivity index (χ3n) is 2.66. The average Bonchev–Trinajstić information content (AvgIpc) is 2.28. The molecule has 0 bridgehead atoms. The summed E-state index contributed by atoms with van der Waals surface area (Å²) in [5.74, 6) is -0.293. The predicted octanol–water partition coefficient (Wildman–Crippen LogP) is 3.78. The van der Waals surface area contributed by atoms with Crippen molar-refractivity contribution in [3.8, 4) is 0 Å². The molecule has 0 unspecified atom stereocenters. The molecule has 0 saturated heterocycles. The van der Waals surface area contributed by atoms with Crippen LogP contribution in [0.5, 0.6) is 0 Å². The fourth-order valence-corrected chi connectivity index (χ4v) is 2.57. The SMILES string of the molecule is CC(=O)O[C@H]1/C(=C/c2ccccc2Br)C[C@@H]1Cl. The molecule has 1 fully saturated rings. The van der Waals surface area contributed by atoms with Gasteiger partial charge in [0.05, 0.1) is 5.38 Å². The monoisotopic (exact) mass is 314 g/mol. The van der Waals surface area contributed by atoms with Crippen molar-refractivity contribution >= 4 is 39.6 Å². The molecule has 0 spiro atoms. The minimum absolute atomic E-state index is 0.104. The molecule has 0 aliphatic heterocycles. The lowest BCUT2D eigenvalue weighted by Gasteiger charge is -2.34. The average molecular weight is 316 g/mol. The minimum Gasteiger partial charge on any atom is -0.456 e. The van der Waals surface area contributed by atoms with E-state index in [1.54, 1.807) is 0 Å². The Morgan fingerprint density at radius 2 is 2.24 bits per heavy atom. The highest BCUT2D eigenvalue weighted by Crippen LogP contribution is 2.36. The van der Waals surface area contributed by atoms with E-state index in [1.807, 2.05) is 30.3 Å². The first-order chi connectivity index (χ1) is 8.08. The predicted molar refractivity (Wildman–Crippen MR) is 71.9 cm³/mol. The molecule has 1 aromatic carbocycles. The van der Waals surface area contributed by atoms with Crippen molar-refractivity contribution in [1.29, 1.82) is 0 Å². The summed E-state index contributed by atoms with van der Waals surface area (Å²) in [7, 11) is 0. The summed E-state index contributed by atoms with van der Waals surface area (Å²) in [6.45, 7) is 1.40. The molecule has 0 N–H and O–H groups in total. The summed E-state index contributed by atoms with van der Waals surface area (Å²) in [4.78, 5) is 10.9. The van der Waals surface area contributed by atoms with Gasteiger partial charge in [-0.05, 0) is 23.6 Å². The number of hydrogen-bond acceptors (Lipinski definition) is 2. The highest BCUT2D eigenvalue weighted by atomic mass is 79.9. The van der Waals surface area contributed by atoms with Crippen LogP contribution >= 0.6 is 27.5 Å². The van der Waals surface area contributed by atoms with E-state index in [1.165, 1.54) is 6.92 Å². The number of carbonyl (C=O) groups excluding carboxylic acids is 1. The first kappa shape index (κ1) is 12.7. The van der Waals surface area contributed by atoms with Gasteiger partial charge in [0.2, 0.25) is 0 Å². The zero-order chi connectivity index (χ0) is 12.4. The number of halogens is 2. The molecule has 90 valence electrons. The molecule has 2 atom stereocenters. The zero-order valence-corrected chi connectivity index (χ0v) is 11.7. The van der Waals surface area contributed by atoms with E-state index in [9.17, 15) is 4.79 Å². The van der Waals surface area contributed by atoms with E-state index < -0.39 is 0 Å². The number of hydrogen-bond donors (Lipinski definition) is 0. The molecular formula is C13H12BrClO2. The van der Waals surface area contributed by atoms with Gasteiger partial charge in [-0.3, -0.25) is 4.79 Å². The number of benzene rings is 1. The van der Waals surface area contributed by atoms with Gasteiger partial charge < -0.3 is 4.74 Å². The van der Waals surface area contributed by atoms with E-state index in [0.717, 1.165) is 22.0 Å². The van der Waals surface area contributed by atoms with Crippen molar-refractivity contribution in [2.45, 2.75) is 24.8 Å². The maximum atomic E-state index is 10.9. The van der Waals surface area contributed by atoms with E-state index in [-0.39, 0.29) is 17.5 Å². The van der Waals surface area contributed by atoms with Crippen molar-refractivity contribution in [2.75, 3.05) is 0 Å². The molecule has 1 saturated carbocycles. The molecule has 0 radical (unpaired) electrons. The number of carbonyl (C=O) groups is 1. The zero-order valence-electron chi connectivity index (χ0n) is 9.32. The van der Waals surface area contributed by atoms with Crippen LogP contribution in [-0.2, 0) is 9.53 Å². The topological polar surface area (TPSA) is 26.3 Å². The highest BCUT2D eigenvalue weighted by Gasteiger charge is 2.37. The second kappa shape index (κ2) is 5.23. The van der Waals surface area contributed by atoms with E-state index in [4.69, 9.17) is 16.3 Å². The van der Waals surface area contributed by atoms with Crippen LogP contribution in [-0.4, -0.2) is 17.5 Å². The Kier molecular flexibility index (Phi) is 3.89. The van der Waals surface area contributed by atoms with Gasteiger partial charge in [0, 0.05) is 11.4 Å². The summed E-state index contributed by atoms with van der Waals surface area (Å²) < 4.78 is 6.19. The van der Waals surface area contributed by atoms with Crippen LogP contribution in [0.4, 0.5) is 0 Å². The van der Waals surface area contributed by atoms with Crippen LogP contribution in [0.2, 0.25) is 0 Å². The molecule has 17 heavy (non-hydrogen) atoms. The molecule has 0 aromatic heterocycles. The first-order valence-electron chi connectivity index (χ1n) is 5.34. The summed E-state index contributed by atoms with van der Waals surface area (Å²) in [6.07, 6.45) is 2.51. The molecule has 0 heterocycles. The van der Waals surface area contributed by atoms with Crippen molar-refractivity contribution in [3.05, 3.63) is 39.9 Å². The lowest BCUT2D eigenvalue weighted by atomic mass is 9.86. The molecule has 1 aromatic rings. The highest BCUT2D eigenvalue weighted by molar-refractivity contribution is 9.10. The number of alkyl halides is 1. The van der Waals surface area contributed by atoms with Gasteiger partial charge in [0.15, 0.2) is 0 Å². The Morgan fingerprint density at radius 3 is 2.82 bits per heavy atom. The normalized spacial score (nSPS) is 25.5. The number of rotatable bonds is 2. The van der Waals surface area contributed by atoms with Gasteiger partial charge >= 0.3 is 5.97 Å². The van der Waals surface area contributed by atoms with Crippen LogP contribution in [0.25, 0.3) is 6.08 Å². The Balaban J connectivity index is 2.18. The molecule has 1 aliphatic rings. The maximum absolute atomic E-state index is 10.9. The van der Waals surface area contributed by atoms with Gasteiger partial charge in [0.25, 0.3) is 0 Å². The van der Waals surface area contributed by atoms with E-state index in [2.05, 4.69) is 15.9 Å². The summed E-state index contributed by atoms with van der Waals surface area (Å²) in [6, 6.07) is 7.91. The third kappa shape index (κ3) is 2.90. The summed E-state index contributed by atoms with van der Waals surface area (Å²) in [5, 5.41) is -0.104. The lowest BCUT2D eigenvalue weighted by molar-refractivity contribution is -0.146. The standard InChI is InChI=1S/C13H12BrClO2/c1-8(16)17-13-10(7-12(13)15)6-9-4-2-3-5-11(9)14/h2-6,12-13H,7H2,1H3/b10-6+/t12-,13-/m0/s1. The second-order valence-electron chi connectivity index (χ2n) is 3.99. The van der Waals surface area contributed by atoms with Crippen molar-refractivity contribution in [1.82, 2.24) is 0 Å². The molecule has 1 aliphatic carbocycles. The van der Waals surface area contributed by atoms with Gasteiger partial charge in [-0.15, -0.1) is 11.6 Å². The van der Waals surface area contributed by atoms with Crippen LogP contribution < -0.4 is 0 Å². The van der Waals surface area contributed by atoms with E-state index in [0.29, 0.717) is 0 Å². The van der Waals surface area contributed by atoms with Crippen LogP contribution in [0.1, 0.15) is 18.9 Å². The van der Waals surface area contributed by atoms with Gasteiger partial charge in [0.1, 0.15) is 6.10 Å². The molecule has 4 heteroatoms. The Bertz CT molecular complexity index is 470. The molecule has 2 nitrogen and oxygen atoms in total. The van der Waals surface area contributed by atoms with Gasteiger partial charge in [-0.25, -0.2) is 0 Å². The van der Waals surface area contributed by atoms with E-state index >= 15 is 0 Å². The smallest absolute Gasteiger partial charge is 0.303 e. The number of ether oxygens (including phenoxy) is 1. The van der Waals surface area contributed by atoms with Gasteiger partial charge in [-0.1, -0.05) is 40.2 Å². The summed E-state index contributed by atoms with van der Waals surface area (Å²) in [5.41, 5.74) is 2.13. The molecular weight excluding hydrogens is 303 g/mol. The van der Waals surface area contributed by atoms with Crippen LogP contribution in [0, 0.1) is 0 Å². The van der Waals surface area contributed by atoms with Crippen molar-refractivity contribution < 1.29 is 9.53 Å². The summed E-state index contributed by atoms with van der Waals surface area (Å²) >= 11 is 9.51. The largest absolute Gasteiger partial charge is 0.456 e. The third-order valence-corrected chi connectivity index (χ3v) is 3.77. The van der Waals surface area contributed by atoms with Crippen LogP contribution in [0.3, 0.4) is 0 Å². The number of esters is 1. The van der Waals surface area contributed by atoms with Crippen molar-refractivity contribution in [3.63, 3.8) is 0 Å². The maximum Gasteiger partial charge on any atom is 0.303 e. The molecule has 0 amide bonds. The quantitative estimate of drug-likeness (QED) is 0.613. The Morgan fingerprint density at radius 1 is 1.53 bits per heavy atom. The lowest BCUT2D eigenvalue weighted by Crippen LogP contribution is -2.39. The Labute approximate surface area is 114 Å².